The van der Waals surface area contributed by atoms with E-state index in [-0.39, 0.29) is 29.3 Å². The lowest BCUT2D eigenvalue weighted by Gasteiger charge is -2.28. The molecule has 2 atom stereocenters. The van der Waals surface area contributed by atoms with E-state index >= 15 is 0 Å². The van der Waals surface area contributed by atoms with E-state index in [0.717, 1.165) is 6.26 Å². The predicted molar refractivity (Wildman–Crippen MR) is 119 cm³/mol. The number of amides is 1. The van der Waals surface area contributed by atoms with Gasteiger partial charge in [0.15, 0.2) is 9.84 Å². The molecule has 0 aliphatic rings. The van der Waals surface area contributed by atoms with Gasteiger partial charge in [-0.05, 0) is 41.2 Å². The fourth-order valence-corrected chi connectivity index (χ4v) is 3.95. The molecular weight excluding hydrogens is 455 g/mol. The van der Waals surface area contributed by atoms with Gasteiger partial charge in [-0.2, -0.15) is 18.4 Å². The summed E-state index contributed by atoms with van der Waals surface area (Å²) in [5.74, 6) is -0.719. The Morgan fingerprint density at radius 2 is 1.55 bits per heavy atom. The molecular formula is C23H26F3N3O3S. The zero-order chi connectivity index (χ0) is 24.8. The van der Waals surface area contributed by atoms with Crippen LogP contribution in [0.1, 0.15) is 31.9 Å². The van der Waals surface area contributed by atoms with E-state index in [1.807, 2.05) is 0 Å². The summed E-state index contributed by atoms with van der Waals surface area (Å²) in [6.07, 6.45) is -3.41. The van der Waals surface area contributed by atoms with Gasteiger partial charge in [-0.25, -0.2) is 8.42 Å². The Balaban J connectivity index is 2.31. The molecule has 0 bridgehead atoms. The zero-order valence-corrected chi connectivity index (χ0v) is 19.3. The number of nitrogens with zero attached hydrogens (tertiary/aromatic N) is 1. The average Bonchev–Trinajstić information content (AvgIpc) is 2.73. The van der Waals surface area contributed by atoms with Gasteiger partial charge >= 0.3 is 6.18 Å². The van der Waals surface area contributed by atoms with Crippen LogP contribution in [-0.4, -0.2) is 39.3 Å². The van der Waals surface area contributed by atoms with Gasteiger partial charge in [0.1, 0.15) is 12.6 Å². The van der Waals surface area contributed by atoms with Crippen LogP contribution < -0.4 is 10.6 Å². The van der Waals surface area contributed by atoms with Crippen LogP contribution in [-0.2, 0) is 14.6 Å². The van der Waals surface area contributed by atoms with E-state index in [1.165, 1.54) is 36.4 Å². The summed E-state index contributed by atoms with van der Waals surface area (Å²) in [6, 6.07) is 10.2. The van der Waals surface area contributed by atoms with Crippen molar-refractivity contribution in [1.29, 1.82) is 5.26 Å². The van der Waals surface area contributed by atoms with E-state index in [9.17, 15) is 26.4 Å². The summed E-state index contributed by atoms with van der Waals surface area (Å²) in [6.45, 7) is 3.29. The van der Waals surface area contributed by atoms with Crippen LogP contribution in [0, 0.1) is 17.2 Å². The molecule has 2 aromatic rings. The molecule has 1 unspecified atom stereocenters. The molecule has 33 heavy (non-hydrogen) atoms. The van der Waals surface area contributed by atoms with Gasteiger partial charge in [0.2, 0.25) is 5.91 Å². The highest BCUT2D eigenvalue weighted by molar-refractivity contribution is 7.90. The first kappa shape index (κ1) is 26.4. The van der Waals surface area contributed by atoms with Gasteiger partial charge in [0.25, 0.3) is 0 Å². The summed E-state index contributed by atoms with van der Waals surface area (Å²) >= 11 is 0. The molecule has 0 aliphatic carbocycles. The lowest BCUT2D eigenvalue weighted by molar-refractivity contribution is -0.161. The average molecular weight is 482 g/mol. The molecule has 0 aromatic heterocycles. The maximum Gasteiger partial charge on any atom is 0.407 e. The number of benzene rings is 2. The van der Waals surface area contributed by atoms with Gasteiger partial charge < -0.3 is 5.32 Å². The van der Waals surface area contributed by atoms with Crippen molar-refractivity contribution in [3.8, 4) is 17.2 Å². The largest absolute Gasteiger partial charge is 0.407 e. The zero-order valence-electron chi connectivity index (χ0n) is 18.5. The van der Waals surface area contributed by atoms with E-state index in [2.05, 4.69) is 10.6 Å². The second-order valence-corrected chi connectivity index (χ2v) is 10.1. The highest BCUT2D eigenvalue weighted by Gasteiger charge is 2.42. The number of carbonyl (C=O) groups excluding carboxylic acids is 1. The monoisotopic (exact) mass is 481 g/mol. The molecule has 10 heteroatoms. The van der Waals surface area contributed by atoms with Crippen LogP contribution in [0.3, 0.4) is 0 Å². The Bertz CT molecular complexity index is 1090. The number of hydrogen-bond acceptors (Lipinski definition) is 5. The van der Waals surface area contributed by atoms with E-state index < -0.39 is 34.0 Å². The molecule has 0 saturated carbocycles. The Kier molecular flexibility index (Phi) is 8.63. The van der Waals surface area contributed by atoms with Gasteiger partial charge in [-0.15, -0.1) is 0 Å². The molecule has 2 rings (SSSR count). The molecule has 1 amide bonds. The SMILES string of the molecule is CC(C)C[C@H](NC(c1ccc(-c2ccc(S(C)(=O)=O)cc2)cc1)C(F)(F)F)C(=O)NCC#N. The van der Waals surface area contributed by atoms with Crippen molar-refractivity contribution in [3.05, 3.63) is 54.1 Å². The standard InChI is InChI=1S/C23H26F3N3O3S/c1-15(2)14-20(22(30)28-13-12-27)29-21(23(24,25)26)18-6-4-16(5-7-18)17-8-10-19(11-9-17)33(3,31)32/h4-11,15,20-21,29H,13-14H2,1-3H3,(H,28,30)/t20-,21?/m0/s1. The van der Waals surface area contributed by atoms with Crippen molar-refractivity contribution >= 4 is 15.7 Å². The van der Waals surface area contributed by atoms with Crippen molar-refractivity contribution in [2.75, 3.05) is 12.8 Å². The van der Waals surface area contributed by atoms with Crippen molar-refractivity contribution in [2.45, 2.75) is 43.4 Å². The van der Waals surface area contributed by atoms with Crippen molar-refractivity contribution in [2.24, 2.45) is 5.92 Å². The van der Waals surface area contributed by atoms with E-state index in [1.54, 1.807) is 32.0 Å². The number of nitrogens with one attached hydrogen (secondary N) is 2. The maximum atomic E-state index is 13.9. The second kappa shape index (κ2) is 10.8. The molecule has 178 valence electrons. The Hall–Kier alpha value is -2.90. The second-order valence-electron chi connectivity index (χ2n) is 8.12. The Morgan fingerprint density at radius 1 is 1.03 bits per heavy atom. The van der Waals surface area contributed by atoms with Gasteiger partial charge in [0.05, 0.1) is 17.0 Å². The first-order valence-electron chi connectivity index (χ1n) is 10.2. The highest BCUT2D eigenvalue weighted by atomic mass is 32.2. The molecule has 0 heterocycles. The molecule has 0 aliphatic heterocycles. The van der Waals surface area contributed by atoms with Crippen LogP contribution >= 0.6 is 0 Å². The van der Waals surface area contributed by atoms with Crippen LogP contribution in [0.4, 0.5) is 13.2 Å². The molecule has 6 nitrogen and oxygen atoms in total. The quantitative estimate of drug-likeness (QED) is 0.528. The Morgan fingerprint density at radius 3 is 1.97 bits per heavy atom. The normalized spacial score (nSPS) is 13.9. The van der Waals surface area contributed by atoms with Crippen LogP contribution in [0.25, 0.3) is 11.1 Å². The minimum absolute atomic E-state index is 0.0542. The number of sulfone groups is 1. The Labute approximate surface area is 191 Å². The molecule has 2 aromatic carbocycles. The number of carbonyl (C=O) groups is 1. The fourth-order valence-electron chi connectivity index (χ4n) is 3.32. The highest BCUT2D eigenvalue weighted by Crippen LogP contribution is 2.34. The van der Waals surface area contributed by atoms with E-state index in [4.69, 9.17) is 5.26 Å². The van der Waals surface area contributed by atoms with E-state index in [0.29, 0.717) is 11.1 Å². The lowest BCUT2D eigenvalue weighted by Crippen LogP contribution is -2.49. The number of rotatable bonds is 9. The number of hydrogen-bond donors (Lipinski definition) is 2. The molecule has 0 fully saturated rings. The summed E-state index contributed by atoms with van der Waals surface area (Å²) in [7, 11) is -3.35. The van der Waals surface area contributed by atoms with Gasteiger partial charge in [0, 0.05) is 6.26 Å². The molecule has 0 radical (unpaired) electrons. The summed E-state index contributed by atoms with van der Waals surface area (Å²) in [5.41, 5.74) is 1.20. The molecule has 0 saturated heterocycles. The van der Waals surface area contributed by atoms with Gasteiger partial charge in [-0.1, -0.05) is 50.2 Å². The predicted octanol–water partition coefficient (Wildman–Crippen LogP) is 4.00. The number of alkyl halides is 3. The summed E-state index contributed by atoms with van der Waals surface area (Å²) in [4.78, 5) is 12.5. The van der Waals surface area contributed by atoms with Crippen molar-refractivity contribution in [3.63, 3.8) is 0 Å². The third kappa shape index (κ3) is 7.58. The topological polar surface area (TPSA) is 99.1 Å². The third-order valence-electron chi connectivity index (χ3n) is 4.92. The maximum absolute atomic E-state index is 13.9. The van der Waals surface area contributed by atoms with Crippen LogP contribution in [0.2, 0.25) is 0 Å². The summed E-state index contributed by atoms with van der Waals surface area (Å²) in [5, 5.41) is 13.4. The van der Waals surface area contributed by atoms with Crippen LogP contribution in [0.5, 0.6) is 0 Å². The number of nitriles is 1. The molecule has 0 spiro atoms. The van der Waals surface area contributed by atoms with Gasteiger partial charge in [-0.3, -0.25) is 10.1 Å². The smallest absolute Gasteiger partial charge is 0.342 e. The third-order valence-corrected chi connectivity index (χ3v) is 6.05. The van der Waals surface area contributed by atoms with Crippen LogP contribution in [0.15, 0.2) is 53.4 Å². The van der Waals surface area contributed by atoms with Crippen molar-refractivity contribution in [1.82, 2.24) is 10.6 Å². The number of halogens is 3. The van der Waals surface area contributed by atoms with Crippen molar-refractivity contribution < 1.29 is 26.4 Å². The fraction of sp³-hybridized carbons (Fsp3) is 0.391. The lowest BCUT2D eigenvalue weighted by atomic mass is 9.97. The molecule has 2 N–H and O–H groups in total. The minimum atomic E-state index is -4.66. The summed E-state index contributed by atoms with van der Waals surface area (Å²) < 4.78 is 64.9. The first-order valence-corrected chi connectivity index (χ1v) is 12.1. The first-order chi connectivity index (χ1) is 15.3. The minimum Gasteiger partial charge on any atom is -0.342 e.